The van der Waals surface area contributed by atoms with Crippen molar-refractivity contribution in [2.24, 2.45) is 5.73 Å². The summed E-state index contributed by atoms with van der Waals surface area (Å²) >= 11 is 0. The number of nitrogens with zero attached hydrogens (tertiary/aromatic N) is 2. The molecule has 14 heteroatoms. The molecular weight excluding hydrogens is 518 g/mol. The Morgan fingerprint density at radius 3 is 2.15 bits per heavy atom. The number of carboxylic acids is 1. The zero-order valence-electron chi connectivity index (χ0n) is 21.7. The van der Waals surface area contributed by atoms with E-state index < -0.39 is 47.9 Å². The van der Waals surface area contributed by atoms with E-state index in [1.165, 1.54) is 25.8 Å². The van der Waals surface area contributed by atoms with E-state index in [1.807, 2.05) is 24.3 Å². The first-order valence-corrected chi connectivity index (χ1v) is 12.6. The first kappa shape index (κ1) is 28.0. The summed E-state index contributed by atoms with van der Waals surface area (Å²) in [5.41, 5.74) is 8.83. The molecule has 0 saturated heterocycles. The van der Waals surface area contributed by atoms with Gasteiger partial charge in [0.2, 0.25) is 17.7 Å². The molecule has 210 valence electrons. The average molecular weight is 550 g/mol. The highest BCUT2D eigenvalue weighted by molar-refractivity contribution is 5.94. The Balaban J connectivity index is 1.39. The number of aromatic nitrogens is 5. The van der Waals surface area contributed by atoms with Crippen LogP contribution in [0.2, 0.25) is 0 Å². The summed E-state index contributed by atoms with van der Waals surface area (Å²) in [6.07, 6.45) is 7.94. The number of amides is 3. The Kier molecular flexibility index (Phi) is 8.91. The Hall–Kier alpha value is -4.98. The van der Waals surface area contributed by atoms with Crippen molar-refractivity contribution >= 4 is 34.6 Å². The number of nitrogens with two attached hydrogens (primary N) is 1. The van der Waals surface area contributed by atoms with Gasteiger partial charge in [-0.15, -0.1) is 0 Å². The van der Waals surface area contributed by atoms with Gasteiger partial charge in [0.1, 0.15) is 18.1 Å². The van der Waals surface area contributed by atoms with Gasteiger partial charge in [-0.2, -0.15) is 0 Å². The summed E-state index contributed by atoms with van der Waals surface area (Å²) in [4.78, 5) is 67.4. The van der Waals surface area contributed by atoms with Crippen molar-refractivity contribution in [3.05, 3.63) is 72.5 Å². The van der Waals surface area contributed by atoms with E-state index in [-0.39, 0.29) is 19.3 Å². The number of rotatable bonds is 13. The van der Waals surface area contributed by atoms with Crippen LogP contribution in [0.15, 0.2) is 55.5 Å². The number of carboxylic acid groups (broad SMARTS) is 1. The molecule has 1 aromatic carbocycles. The van der Waals surface area contributed by atoms with Gasteiger partial charge in [-0.1, -0.05) is 18.2 Å². The molecule has 0 bridgehead atoms. The smallest absolute Gasteiger partial charge is 0.326 e. The average Bonchev–Trinajstić information content (AvgIpc) is 3.71. The molecule has 9 N–H and O–H groups in total. The predicted molar refractivity (Wildman–Crippen MR) is 144 cm³/mol. The van der Waals surface area contributed by atoms with Gasteiger partial charge in [0, 0.05) is 60.1 Å². The van der Waals surface area contributed by atoms with E-state index in [9.17, 15) is 24.3 Å². The van der Waals surface area contributed by atoms with Crippen LogP contribution in [-0.2, 0) is 38.4 Å². The van der Waals surface area contributed by atoms with Gasteiger partial charge >= 0.3 is 5.97 Å². The number of aliphatic carboxylic acids is 1. The Morgan fingerprint density at radius 2 is 1.50 bits per heavy atom. The van der Waals surface area contributed by atoms with Gasteiger partial charge in [0.15, 0.2) is 0 Å². The second kappa shape index (κ2) is 12.7. The fraction of sp³-hybridized carbons (Fsp3) is 0.308. The van der Waals surface area contributed by atoms with Crippen molar-refractivity contribution in [2.75, 3.05) is 0 Å². The minimum atomic E-state index is -1.23. The highest BCUT2D eigenvalue weighted by Crippen LogP contribution is 2.19. The molecule has 0 spiro atoms. The van der Waals surface area contributed by atoms with Crippen molar-refractivity contribution < 1.29 is 24.3 Å². The van der Waals surface area contributed by atoms with E-state index >= 15 is 0 Å². The monoisotopic (exact) mass is 549 g/mol. The van der Waals surface area contributed by atoms with Crippen molar-refractivity contribution in [3.8, 4) is 0 Å². The van der Waals surface area contributed by atoms with E-state index in [4.69, 9.17) is 5.73 Å². The number of imidazole rings is 2. The van der Waals surface area contributed by atoms with Crippen LogP contribution in [-0.4, -0.2) is 77.9 Å². The molecule has 4 atom stereocenters. The zero-order chi connectivity index (χ0) is 28.6. The van der Waals surface area contributed by atoms with Crippen molar-refractivity contribution in [1.82, 2.24) is 40.9 Å². The lowest BCUT2D eigenvalue weighted by molar-refractivity contribution is -0.142. The Labute approximate surface area is 228 Å². The molecule has 0 aliphatic rings. The number of carbonyl (C=O) groups excluding carboxylic acids is 3. The molecule has 4 unspecified atom stereocenters. The third-order valence-electron chi connectivity index (χ3n) is 6.41. The predicted octanol–water partition coefficient (Wildman–Crippen LogP) is -0.472. The van der Waals surface area contributed by atoms with Gasteiger partial charge in [0.05, 0.1) is 18.7 Å². The minimum Gasteiger partial charge on any atom is -0.480 e. The largest absolute Gasteiger partial charge is 0.480 e. The second-order valence-corrected chi connectivity index (χ2v) is 9.42. The van der Waals surface area contributed by atoms with Gasteiger partial charge in [-0.05, 0) is 18.6 Å². The summed E-state index contributed by atoms with van der Waals surface area (Å²) in [5, 5.41) is 18.3. The van der Waals surface area contributed by atoms with Crippen LogP contribution >= 0.6 is 0 Å². The number of aromatic amines is 3. The molecule has 3 heterocycles. The van der Waals surface area contributed by atoms with Crippen molar-refractivity contribution in [1.29, 1.82) is 0 Å². The number of hydrogen-bond acceptors (Lipinski definition) is 7. The maximum Gasteiger partial charge on any atom is 0.326 e. The van der Waals surface area contributed by atoms with Crippen LogP contribution in [0.25, 0.3) is 10.9 Å². The van der Waals surface area contributed by atoms with Crippen LogP contribution < -0.4 is 21.7 Å². The molecule has 3 amide bonds. The highest BCUT2D eigenvalue weighted by Gasteiger charge is 2.29. The lowest BCUT2D eigenvalue weighted by atomic mass is 10.0. The number of fused-ring (bicyclic) bond motifs is 1. The molecule has 4 rings (SSSR count). The summed E-state index contributed by atoms with van der Waals surface area (Å²) in [7, 11) is 0. The van der Waals surface area contributed by atoms with Crippen LogP contribution in [0.3, 0.4) is 0 Å². The molecule has 14 nitrogen and oxygen atoms in total. The SMILES string of the molecule is CC(NC(=O)C(Cc1cnc[nH]1)NC(=O)C(N)Cc1cnc[nH]1)C(=O)NC(Cc1c[nH]c2ccccc12)C(=O)O. The Morgan fingerprint density at radius 1 is 0.850 bits per heavy atom. The van der Waals surface area contributed by atoms with Gasteiger partial charge in [-0.3, -0.25) is 14.4 Å². The van der Waals surface area contributed by atoms with Gasteiger partial charge < -0.3 is 41.7 Å². The number of benzene rings is 1. The standard InChI is InChI=1S/C26H31N9O5/c1-14(23(36)35-22(26(39)40)6-15-9-30-20-5-3-2-4-18(15)20)33-25(38)21(8-17-11-29-13-32-17)34-24(37)19(27)7-16-10-28-12-31-16/h2-5,9-14,19,21-22,30H,6-8,27H2,1H3,(H,28,31)(H,29,32)(H,33,38)(H,34,37)(H,35,36)(H,39,40). The molecule has 0 aliphatic carbocycles. The third-order valence-corrected chi connectivity index (χ3v) is 6.41. The fourth-order valence-corrected chi connectivity index (χ4v) is 4.23. The number of H-pyrrole nitrogens is 3. The molecule has 3 aromatic heterocycles. The Bertz CT molecular complexity index is 1450. The molecule has 0 aliphatic heterocycles. The van der Waals surface area contributed by atoms with Gasteiger partial charge in [0.25, 0.3) is 0 Å². The molecule has 0 saturated carbocycles. The van der Waals surface area contributed by atoms with Crippen LogP contribution in [0.1, 0.15) is 23.9 Å². The summed E-state index contributed by atoms with van der Waals surface area (Å²) < 4.78 is 0. The molecule has 4 aromatic rings. The topological polar surface area (TPSA) is 224 Å². The molecule has 40 heavy (non-hydrogen) atoms. The lowest BCUT2D eigenvalue weighted by Crippen LogP contribution is -2.57. The normalized spacial score (nSPS) is 14.2. The number of para-hydroxylation sites is 1. The maximum atomic E-state index is 13.2. The van der Waals surface area contributed by atoms with E-state index in [1.54, 1.807) is 12.4 Å². The van der Waals surface area contributed by atoms with E-state index in [0.29, 0.717) is 11.4 Å². The van der Waals surface area contributed by atoms with Crippen LogP contribution in [0, 0.1) is 0 Å². The quantitative estimate of drug-likeness (QED) is 0.109. The lowest BCUT2D eigenvalue weighted by Gasteiger charge is -2.23. The van der Waals surface area contributed by atoms with E-state index in [0.717, 1.165) is 16.5 Å². The molecular formula is C26H31N9O5. The zero-order valence-corrected chi connectivity index (χ0v) is 21.7. The summed E-state index contributed by atoms with van der Waals surface area (Å²) in [5.74, 6) is -3.13. The highest BCUT2D eigenvalue weighted by atomic mass is 16.4. The molecule has 0 radical (unpaired) electrons. The van der Waals surface area contributed by atoms with Crippen molar-refractivity contribution in [3.63, 3.8) is 0 Å². The van der Waals surface area contributed by atoms with Crippen molar-refractivity contribution in [2.45, 2.75) is 50.4 Å². The van der Waals surface area contributed by atoms with Gasteiger partial charge in [-0.25, -0.2) is 14.8 Å². The fourth-order valence-electron chi connectivity index (χ4n) is 4.23. The minimum absolute atomic E-state index is 0.0402. The summed E-state index contributed by atoms with van der Waals surface area (Å²) in [6, 6.07) is 3.06. The molecule has 0 fully saturated rings. The summed E-state index contributed by atoms with van der Waals surface area (Å²) in [6.45, 7) is 1.43. The van der Waals surface area contributed by atoms with Crippen LogP contribution in [0.5, 0.6) is 0 Å². The number of nitrogens with one attached hydrogen (secondary N) is 6. The number of carbonyl (C=O) groups is 4. The third kappa shape index (κ3) is 7.11. The van der Waals surface area contributed by atoms with Crippen LogP contribution in [0.4, 0.5) is 0 Å². The first-order valence-electron chi connectivity index (χ1n) is 12.6. The van der Waals surface area contributed by atoms with E-state index in [2.05, 4.69) is 40.9 Å². The number of hydrogen-bond donors (Lipinski definition) is 8. The maximum absolute atomic E-state index is 13.2. The second-order valence-electron chi connectivity index (χ2n) is 9.42. The first-order chi connectivity index (χ1) is 19.2.